The summed E-state index contributed by atoms with van der Waals surface area (Å²) in [5.74, 6) is -1.39. The van der Waals surface area contributed by atoms with E-state index in [4.69, 9.17) is 5.11 Å². The van der Waals surface area contributed by atoms with Crippen molar-refractivity contribution < 1.29 is 19.2 Å². The molecular formula is C10H12N2O4. The minimum Gasteiger partial charge on any atom is -0.475 e. The Morgan fingerprint density at radius 3 is 2.81 bits per heavy atom. The molecule has 1 aromatic rings. The standard InChI is InChI=1S/C10H12N2O4/c13-9(11-5-6-2-1-3-6)7-4-8(10(14)15)16-12-7/h4,6H,1-3,5H2,(H,11,13)(H,14,15). The molecule has 1 aliphatic carbocycles. The van der Waals surface area contributed by atoms with Crippen molar-refractivity contribution >= 4 is 11.9 Å². The summed E-state index contributed by atoms with van der Waals surface area (Å²) < 4.78 is 4.48. The van der Waals surface area contributed by atoms with Gasteiger partial charge in [-0.25, -0.2) is 4.79 Å². The van der Waals surface area contributed by atoms with E-state index in [-0.39, 0.29) is 17.4 Å². The number of amides is 1. The molecule has 0 radical (unpaired) electrons. The number of carboxylic acid groups (broad SMARTS) is 1. The van der Waals surface area contributed by atoms with Crippen LogP contribution in [0.15, 0.2) is 10.6 Å². The van der Waals surface area contributed by atoms with E-state index < -0.39 is 5.97 Å². The van der Waals surface area contributed by atoms with Gasteiger partial charge in [0, 0.05) is 12.6 Å². The molecule has 1 aromatic heterocycles. The number of carboxylic acids is 1. The zero-order valence-corrected chi connectivity index (χ0v) is 8.60. The molecule has 2 rings (SSSR count). The molecule has 2 N–H and O–H groups in total. The van der Waals surface area contributed by atoms with Crippen LogP contribution in [0.4, 0.5) is 0 Å². The molecule has 1 fully saturated rings. The van der Waals surface area contributed by atoms with Gasteiger partial charge in [0.05, 0.1) is 0 Å². The first-order valence-electron chi connectivity index (χ1n) is 5.15. The average molecular weight is 224 g/mol. The van der Waals surface area contributed by atoms with Crippen molar-refractivity contribution in [1.82, 2.24) is 10.5 Å². The minimum atomic E-state index is -1.23. The molecule has 1 saturated carbocycles. The largest absolute Gasteiger partial charge is 0.475 e. The maximum absolute atomic E-state index is 11.5. The van der Waals surface area contributed by atoms with Crippen LogP contribution in [0, 0.1) is 5.92 Å². The zero-order valence-electron chi connectivity index (χ0n) is 8.60. The maximum atomic E-state index is 11.5. The summed E-state index contributed by atoms with van der Waals surface area (Å²) in [4.78, 5) is 22.0. The first-order chi connectivity index (χ1) is 7.66. The van der Waals surface area contributed by atoms with Gasteiger partial charge < -0.3 is 14.9 Å². The van der Waals surface area contributed by atoms with Gasteiger partial charge in [0.15, 0.2) is 5.69 Å². The van der Waals surface area contributed by atoms with Crippen LogP contribution in [0.5, 0.6) is 0 Å². The number of hydrogen-bond donors (Lipinski definition) is 2. The highest BCUT2D eigenvalue weighted by Gasteiger charge is 2.20. The van der Waals surface area contributed by atoms with E-state index in [9.17, 15) is 9.59 Å². The molecule has 1 amide bonds. The second-order valence-electron chi connectivity index (χ2n) is 3.89. The second-order valence-corrected chi connectivity index (χ2v) is 3.89. The van der Waals surface area contributed by atoms with Crippen molar-refractivity contribution in [3.63, 3.8) is 0 Å². The van der Waals surface area contributed by atoms with Crippen LogP contribution in [-0.2, 0) is 0 Å². The lowest BCUT2D eigenvalue weighted by molar-refractivity contribution is 0.0651. The molecule has 0 spiro atoms. The van der Waals surface area contributed by atoms with Crippen LogP contribution >= 0.6 is 0 Å². The molecule has 0 bridgehead atoms. The van der Waals surface area contributed by atoms with Gasteiger partial charge in [0.2, 0.25) is 5.76 Å². The molecule has 6 nitrogen and oxygen atoms in total. The normalized spacial score (nSPS) is 15.5. The summed E-state index contributed by atoms with van der Waals surface area (Å²) in [6.45, 7) is 0.619. The monoisotopic (exact) mass is 224 g/mol. The number of nitrogens with one attached hydrogen (secondary N) is 1. The quantitative estimate of drug-likeness (QED) is 0.792. The number of aromatic nitrogens is 1. The van der Waals surface area contributed by atoms with Crippen LogP contribution in [0.25, 0.3) is 0 Å². The van der Waals surface area contributed by atoms with E-state index in [1.54, 1.807) is 0 Å². The third kappa shape index (κ3) is 2.21. The van der Waals surface area contributed by atoms with Gasteiger partial charge in [-0.15, -0.1) is 0 Å². The summed E-state index contributed by atoms with van der Waals surface area (Å²) in [5, 5.41) is 14.7. The van der Waals surface area contributed by atoms with Gasteiger partial charge in [0.1, 0.15) is 0 Å². The summed E-state index contributed by atoms with van der Waals surface area (Å²) in [7, 11) is 0. The fraction of sp³-hybridized carbons (Fsp3) is 0.500. The van der Waals surface area contributed by atoms with Crippen molar-refractivity contribution in [3.05, 3.63) is 17.5 Å². The van der Waals surface area contributed by atoms with Crippen molar-refractivity contribution in [3.8, 4) is 0 Å². The van der Waals surface area contributed by atoms with E-state index in [1.165, 1.54) is 6.42 Å². The van der Waals surface area contributed by atoms with Crippen molar-refractivity contribution in [1.29, 1.82) is 0 Å². The zero-order chi connectivity index (χ0) is 11.5. The van der Waals surface area contributed by atoms with Crippen LogP contribution < -0.4 is 5.32 Å². The Kier molecular flexibility index (Phi) is 2.89. The average Bonchev–Trinajstić information content (AvgIpc) is 2.63. The Balaban J connectivity index is 1.89. The Labute approximate surface area is 91.6 Å². The molecular weight excluding hydrogens is 212 g/mol. The Morgan fingerprint density at radius 2 is 2.31 bits per heavy atom. The number of carbonyl (C=O) groups excluding carboxylic acids is 1. The topological polar surface area (TPSA) is 92.4 Å². The van der Waals surface area contributed by atoms with Gasteiger partial charge in [-0.3, -0.25) is 4.79 Å². The van der Waals surface area contributed by atoms with Crippen LogP contribution in [0.2, 0.25) is 0 Å². The number of carbonyl (C=O) groups is 2. The Morgan fingerprint density at radius 1 is 1.56 bits per heavy atom. The van der Waals surface area contributed by atoms with E-state index in [0.717, 1.165) is 18.9 Å². The molecule has 0 atom stereocenters. The first kappa shape index (κ1) is 10.7. The molecule has 86 valence electrons. The summed E-state index contributed by atoms with van der Waals surface area (Å²) >= 11 is 0. The SMILES string of the molecule is O=C(NCC1CCC1)c1cc(C(=O)O)on1. The lowest BCUT2D eigenvalue weighted by Gasteiger charge is -2.24. The second kappa shape index (κ2) is 4.34. The van der Waals surface area contributed by atoms with Crippen molar-refractivity contribution in [2.75, 3.05) is 6.54 Å². The number of rotatable bonds is 4. The molecule has 0 aliphatic heterocycles. The van der Waals surface area contributed by atoms with Gasteiger partial charge in [-0.05, 0) is 18.8 Å². The Hall–Kier alpha value is -1.85. The van der Waals surface area contributed by atoms with Crippen LogP contribution in [0.3, 0.4) is 0 Å². The lowest BCUT2D eigenvalue weighted by atomic mass is 9.85. The number of hydrogen-bond acceptors (Lipinski definition) is 4. The molecule has 0 saturated heterocycles. The predicted molar refractivity (Wildman–Crippen MR) is 53.1 cm³/mol. The number of aromatic carboxylic acids is 1. The van der Waals surface area contributed by atoms with E-state index in [0.29, 0.717) is 12.5 Å². The van der Waals surface area contributed by atoms with Crippen LogP contribution in [-0.4, -0.2) is 28.7 Å². The third-order valence-corrected chi connectivity index (χ3v) is 2.73. The highest BCUT2D eigenvalue weighted by Crippen LogP contribution is 2.25. The molecule has 6 heteroatoms. The molecule has 0 aromatic carbocycles. The third-order valence-electron chi connectivity index (χ3n) is 2.73. The van der Waals surface area contributed by atoms with E-state index in [1.807, 2.05) is 0 Å². The van der Waals surface area contributed by atoms with E-state index >= 15 is 0 Å². The lowest BCUT2D eigenvalue weighted by Crippen LogP contribution is -2.32. The molecule has 1 aliphatic rings. The summed E-state index contributed by atoms with van der Waals surface area (Å²) in [6, 6.07) is 1.12. The highest BCUT2D eigenvalue weighted by molar-refractivity contribution is 5.94. The summed E-state index contributed by atoms with van der Waals surface area (Å²) in [6.07, 6.45) is 3.49. The molecule has 1 heterocycles. The van der Waals surface area contributed by atoms with Crippen molar-refractivity contribution in [2.24, 2.45) is 5.92 Å². The smallest absolute Gasteiger partial charge is 0.374 e. The fourth-order valence-electron chi connectivity index (χ4n) is 1.51. The van der Waals surface area contributed by atoms with E-state index in [2.05, 4.69) is 15.0 Å². The Bertz CT molecular complexity index is 409. The highest BCUT2D eigenvalue weighted by atomic mass is 16.5. The first-order valence-corrected chi connectivity index (χ1v) is 5.15. The summed E-state index contributed by atoms with van der Waals surface area (Å²) in [5.41, 5.74) is 0.0109. The molecule has 16 heavy (non-hydrogen) atoms. The number of nitrogens with zero attached hydrogens (tertiary/aromatic N) is 1. The molecule has 0 unspecified atom stereocenters. The minimum absolute atomic E-state index is 0.0109. The van der Waals surface area contributed by atoms with Gasteiger partial charge in [-0.2, -0.15) is 0 Å². The maximum Gasteiger partial charge on any atom is 0.374 e. The van der Waals surface area contributed by atoms with Crippen molar-refractivity contribution in [2.45, 2.75) is 19.3 Å². The predicted octanol–water partition coefficient (Wildman–Crippen LogP) is 0.903. The van der Waals surface area contributed by atoms with Gasteiger partial charge in [-0.1, -0.05) is 11.6 Å². The van der Waals surface area contributed by atoms with Gasteiger partial charge in [0.25, 0.3) is 5.91 Å². The van der Waals surface area contributed by atoms with Gasteiger partial charge >= 0.3 is 5.97 Å². The van der Waals surface area contributed by atoms with Crippen LogP contribution in [0.1, 0.15) is 40.3 Å². The fourth-order valence-corrected chi connectivity index (χ4v) is 1.51.